The molecule has 1 N–H and O–H groups in total. The van der Waals surface area contributed by atoms with E-state index in [1.54, 1.807) is 25.2 Å². The van der Waals surface area contributed by atoms with Gasteiger partial charge < -0.3 is 9.88 Å². The number of halogens is 2. The number of nitrogens with one attached hydrogen (secondary N) is 1. The van der Waals surface area contributed by atoms with Crippen LogP contribution in [0.1, 0.15) is 18.3 Å². The summed E-state index contributed by atoms with van der Waals surface area (Å²) < 4.78 is 0.619. The molecule has 0 aliphatic carbocycles. The lowest BCUT2D eigenvalue weighted by Crippen LogP contribution is -2.39. The normalized spacial score (nSPS) is 11.4. The monoisotopic (exact) mass is 438 g/mol. The molecule has 0 saturated heterocycles. The highest BCUT2D eigenvalue weighted by molar-refractivity contribution is 7.17. The molecule has 2 aromatic heterocycles. The van der Waals surface area contributed by atoms with Gasteiger partial charge in [-0.25, -0.2) is 4.98 Å². The second-order valence-electron chi connectivity index (χ2n) is 6.44. The smallest absolute Gasteiger partial charge is 0.268 e. The van der Waals surface area contributed by atoms with Crippen LogP contribution in [0.5, 0.6) is 0 Å². The summed E-state index contributed by atoms with van der Waals surface area (Å²) in [6.45, 7) is 4.98. The SMILES string of the molecule is CCN(CC(=O)N(C)c1c(Cl)cccc1Cl)Cc1nc2c(C)csc2c(=O)[nH]1. The molecule has 6 nitrogen and oxygen atoms in total. The standard InChI is InChI=1S/C19H20Cl2N4O2S/c1-4-25(8-14-22-16-11(2)10-28-18(16)19(27)23-14)9-15(26)24(3)17-12(20)6-5-7-13(17)21/h5-7,10H,4,8-9H2,1-3H3,(H,22,23,27). The van der Waals surface area contributed by atoms with Gasteiger partial charge in [0.05, 0.1) is 34.3 Å². The van der Waals surface area contributed by atoms with Crippen LogP contribution in [0, 0.1) is 6.92 Å². The van der Waals surface area contributed by atoms with Gasteiger partial charge in [-0.15, -0.1) is 11.3 Å². The van der Waals surface area contributed by atoms with E-state index in [1.165, 1.54) is 16.2 Å². The van der Waals surface area contributed by atoms with E-state index in [0.717, 1.165) is 5.56 Å². The van der Waals surface area contributed by atoms with Crippen molar-refractivity contribution in [1.29, 1.82) is 0 Å². The Hall–Kier alpha value is -1.93. The average molecular weight is 439 g/mol. The Kier molecular flexibility index (Phi) is 6.40. The van der Waals surface area contributed by atoms with Crippen molar-refractivity contribution in [3.8, 4) is 0 Å². The van der Waals surface area contributed by atoms with Crippen LogP contribution in [0.2, 0.25) is 10.0 Å². The molecular formula is C19H20Cl2N4O2S. The molecular weight excluding hydrogens is 419 g/mol. The number of likely N-dealkylation sites (N-methyl/N-ethyl adjacent to an activating group) is 2. The highest BCUT2D eigenvalue weighted by Crippen LogP contribution is 2.32. The minimum absolute atomic E-state index is 0.138. The summed E-state index contributed by atoms with van der Waals surface area (Å²) in [7, 11) is 1.64. The Morgan fingerprint density at radius 3 is 2.61 bits per heavy atom. The zero-order valence-electron chi connectivity index (χ0n) is 15.8. The minimum atomic E-state index is -0.160. The van der Waals surface area contributed by atoms with Crippen LogP contribution in [0.4, 0.5) is 5.69 Å². The number of carbonyl (C=O) groups is 1. The summed E-state index contributed by atoms with van der Waals surface area (Å²) in [5.41, 5.74) is 2.01. The van der Waals surface area contributed by atoms with E-state index < -0.39 is 0 Å². The molecule has 0 atom stereocenters. The highest BCUT2D eigenvalue weighted by Gasteiger charge is 2.20. The number of nitrogens with zero attached hydrogens (tertiary/aromatic N) is 3. The first kappa shape index (κ1) is 20.8. The van der Waals surface area contributed by atoms with E-state index in [0.29, 0.717) is 44.9 Å². The van der Waals surface area contributed by atoms with Gasteiger partial charge in [-0.2, -0.15) is 0 Å². The fourth-order valence-electron chi connectivity index (χ4n) is 2.89. The third kappa shape index (κ3) is 4.22. The number of aromatic nitrogens is 2. The zero-order valence-corrected chi connectivity index (χ0v) is 18.1. The first-order valence-electron chi connectivity index (χ1n) is 8.71. The van der Waals surface area contributed by atoms with Gasteiger partial charge in [0.15, 0.2) is 0 Å². The lowest BCUT2D eigenvalue weighted by atomic mass is 10.3. The van der Waals surface area contributed by atoms with Gasteiger partial charge in [-0.3, -0.25) is 14.5 Å². The van der Waals surface area contributed by atoms with Crippen LogP contribution in [-0.2, 0) is 11.3 Å². The van der Waals surface area contributed by atoms with E-state index in [4.69, 9.17) is 23.2 Å². The van der Waals surface area contributed by atoms with Gasteiger partial charge in [0, 0.05) is 7.05 Å². The second-order valence-corrected chi connectivity index (χ2v) is 8.13. The lowest BCUT2D eigenvalue weighted by molar-refractivity contribution is -0.119. The van der Waals surface area contributed by atoms with Crippen molar-refractivity contribution >= 4 is 56.3 Å². The van der Waals surface area contributed by atoms with Crippen LogP contribution in [0.25, 0.3) is 10.2 Å². The first-order chi connectivity index (χ1) is 13.3. The zero-order chi connectivity index (χ0) is 20.4. The molecule has 0 aliphatic rings. The summed E-state index contributed by atoms with van der Waals surface area (Å²) >= 11 is 13.8. The number of carbonyl (C=O) groups excluding carboxylic acids is 1. The number of para-hydroxylation sites is 1. The Bertz CT molecular complexity index is 1060. The van der Waals surface area contributed by atoms with E-state index in [2.05, 4.69) is 9.97 Å². The quantitative estimate of drug-likeness (QED) is 0.629. The number of hydrogen-bond acceptors (Lipinski definition) is 5. The molecule has 3 rings (SSSR count). The first-order valence-corrected chi connectivity index (χ1v) is 10.3. The molecule has 0 radical (unpaired) electrons. The Morgan fingerprint density at radius 2 is 1.96 bits per heavy atom. The van der Waals surface area contributed by atoms with Crippen molar-refractivity contribution < 1.29 is 4.79 Å². The number of H-pyrrole nitrogens is 1. The molecule has 0 spiro atoms. The predicted octanol–water partition coefficient (Wildman–Crippen LogP) is 4.08. The van der Waals surface area contributed by atoms with Gasteiger partial charge >= 0.3 is 0 Å². The van der Waals surface area contributed by atoms with Gasteiger partial charge in [-0.1, -0.05) is 36.2 Å². The molecule has 0 bridgehead atoms. The molecule has 0 fully saturated rings. The predicted molar refractivity (Wildman–Crippen MR) is 116 cm³/mol. The lowest BCUT2D eigenvalue weighted by Gasteiger charge is -2.25. The molecule has 1 aromatic carbocycles. The molecule has 148 valence electrons. The maximum atomic E-state index is 12.8. The van der Waals surface area contributed by atoms with Gasteiger partial charge in [0.1, 0.15) is 10.5 Å². The van der Waals surface area contributed by atoms with Gasteiger partial charge in [0.2, 0.25) is 5.91 Å². The molecule has 2 heterocycles. The summed E-state index contributed by atoms with van der Waals surface area (Å²) in [5.74, 6) is 0.374. The fourth-order valence-corrected chi connectivity index (χ4v) is 4.42. The van der Waals surface area contributed by atoms with Crippen LogP contribution in [0.15, 0.2) is 28.4 Å². The molecule has 3 aromatic rings. The number of rotatable bonds is 6. The maximum absolute atomic E-state index is 12.8. The number of hydrogen-bond donors (Lipinski definition) is 1. The Balaban J connectivity index is 1.78. The Morgan fingerprint density at radius 1 is 1.29 bits per heavy atom. The minimum Gasteiger partial charge on any atom is -0.312 e. The fraction of sp³-hybridized carbons (Fsp3) is 0.316. The molecule has 28 heavy (non-hydrogen) atoms. The number of aryl methyl sites for hydroxylation is 1. The number of anilines is 1. The van der Waals surface area contributed by atoms with Crippen LogP contribution >= 0.6 is 34.5 Å². The van der Waals surface area contributed by atoms with Gasteiger partial charge in [-0.05, 0) is 36.5 Å². The van der Waals surface area contributed by atoms with E-state index in [9.17, 15) is 9.59 Å². The number of thiophene rings is 1. The number of benzene rings is 1. The van der Waals surface area contributed by atoms with Crippen molar-refractivity contribution in [1.82, 2.24) is 14.9 Å². The molecule has 1 amide bonds. The van der Waals surface area contributed by atoms with Crippen molar-refractivity contribution in [2.75, 3.05) is 25.0 Å². The summed E-state index contributed by atoms with van der Waals surface area (Å²) in [4.78, 5) is 35.8. The van der Waals surface area contributed by atoms with Crippen molar-refractivity contribution in [3.05, 3.63) is 55.4 Å². The molecule has 0 unspecified atom stereocenters. The van der Waals surface area contributed by atoms with Crippen LogP contribution < -0.4 is 10.5 Å². The summed E-state index contributed by atoms with van der Waals surface area (Å²) in [6, 6.07) is 5.11. The second kappa shape index (κ2) is 8.61. The van der Waals surface area contributed by atoms with Gasteiger partial charge in [0.25, 0.3) is 5.56 Å². The van der Waals surface area contributed by atoms with Crippen molar-refractivity contribution in [2.45, 2.75) is 20.4 Å². The topological polar surface area (TPSA) is 69.3 Å². The number of aromatic amines is 1. The third-order valence-electron chi connectivity index (χ3n) is 4.48. The maximum Gasteiger partial charge on any atom is 0.268 e. The highest BCUT2D eigenvalue weighted by atomic mass is 35.5. The average Bonchev–Trinajstić information content (AvgIpc) is 3.02. The largest absolute Gasteiger partial charge is 0.312 e. The van der Waals surface area contributed by atoms with Crippen molar-refractivity contribution in [3.63, 3.8) is 0 Å². The van der Waals surface area contributed by atoms with E-state index in [-0.39, 0.29) is 18.0 Å². The number of amides is 1. The Labute approximate surface area is 176 Å². The molecule has 0 saturated carbocycles. The van der Waals surface area contributed by atoms with Crippen LogP contribution in [0.3, 0.4) is 0 Å². The molecule has 9 heteroatoms. The number of fused-ring (bicyclic) bond motifs is 1. The summed E-state index contributed by atoms with van der Waals surface area (Å²) in [6.07, 6.45) is 0. The molecule has 0 aliphatic heterocycles. The van der Waals surface area contributed by atoms with E-state index in [1.807, 2.05) is 24.1 Å². The van der Waals surface area contributed by atoms with Crippen LogP contribution in [-0.4, -0.2) is 40.9 Å². The van der Waals surface area contributed by atoms with Crippen molar-refractivity contribution in [2.24, 2.45) is 0 Å². The third-order valence-corrected chi connectivity index (χ3v) is 6.18. The summed E-state index contributed by atoms with van der Waals surface area (Å²) in [5, 5.41) is 2.74. The van der Waals surface area contributed by atoms with E-state index >= 15 is 0 Å².